The summed E-state index contributed by atoms with van der Waals surface area (Å²) < 4.78 is 0. The fraction of sp³-hybridized carbons (Fsp3) is 0.300. The van der Waals surface area contributed by atoms with Crippen molar-refractivity contribution in [3.63, 3.8) is 0 Å². The maximum atomic E-state index is 2.64. The molecule has 43 heavy (non-hydrogen) atoms. The Bertz CT molecular complexity index is 1790. The summed E-state index contributed by atoms with van der Waals surface area (Å²) >= 11 is 0. The lowest BCUT2D eigenvalue weighted by molar-refractivity contribution is 0.444. The summed E-state index contributed by atoms with van der Waals surface area (Å²) in [5, 5.41) is 0. The lowest BCUT2D eigenvalue weighted by atomic mass is 9.32. The molecule has 0 radical (unpaired) electrons. The highest BCUT2D eigenvalue weighted by Crippen LogP contribution is 2.49. The molecule has 4 aliphatic rings. The summed E-state index contributed by atoms with van der Waals surface area (Å²) in [6, 6.07) is 30.5. The summed E-state index contributed by atoms with van der Waals surface area (Å²) in [4.78, 5) is 5.22. The molecule has 0 bridgehead atoms. The van der Waals surface area contributed by atoms with E-state index in [1.807, 2.05) is 0 Å². The van der Waals surface area contributed by atoms with Gasteiger partial charge in [-0.2, -0.15) is 0 Å². The van der Waals surface area contributed by atoms with Crippen LogP contribution in [-0.4, -0.2) is 6.71 Å². The molecule has 3 heteroatoms. The second kappa shape index (κ2) is 10.3. The summed E-state index contributed by atoms with van der Waals surface area (Å²) in [7, 11) is 0. The second-order valence-corrected chi connectivity index (χ2v) is 13.6. The third kappa shape index (κ3) is 4.39. The third-order valence-corrected chi connectivity index (χ3v) is 10.3. The molecule has 2 aliphatic carbocycles. The second-order valence-electron chi connectivity index (χ2n) is 13.6. The smallest absolute Gasteiger partial charge is 0.247 e. The zero-order valence-electron chi connectivity index (χ0n) is 26.1. The van der Waals surface area contributed by atoms with E-state index in [2.05, 4.69) is 122 Å². The molecule has 4 aromatic rings. The fourth-order valence-electron chi connectivity index (χ4n) is 8.42. The number of fused-ring (bicyclic) bond motifs is 3. The lowest BCUT2D eigenvalue weighted by Gasteiger charge is -2.46. The largest absolute Gasteiger partial charge is 0.312 e. The molecule has 0 N–H and O–H groups in total. The number of aryl methyl sites for hydroxylation is 3. The van der Waals surface area contributed by atoms with Gasteiger partial charge in [-0.1, -0.05) is 66.7 Å². The van der Waals surface area contributed by atoms with Gasteiger partial charge in [0.05, 0.1) is 0 Å². The Labute approximate surface area is 257 Å². The van der Waals surface area contributed by atoms with E-state index in [-0.39, 0.29) is 6.71 Å². The van der Waals surface area contributed by atoms with Crippen LogP contribution in [0.5, 0.6) is 0 Å². The van der Waals surface area contributed by atoms with Crippen LogP contribution in [0.15, 0.2) is 102 Å². The van der Waals surface area contributed by atoms with Crippen molar-refractivity contribution >= 4 is 46.1 Å². The Kier molecular flexibility index (Phi) is 6.40. The molecule has 8 rings (SSSR count). The normalized spacial score (nSPS) is 17.9. The Balaban J connectivity index is 1.48. The minimum Gasteiger partial charge on any atom is -0.312 e. The standard InChI is InChI=1S/C40H41BN2/c1-26-15-17-34-36(22-26)42(32-13-9-6-10-14-32)38-24-31(30-11-7-5-8-12-30)25-39-40(38)41(34)35-18-16-27(2)23-37(35)43(39)33-20-28(3)19-29(4)21-33/h6,9-10,13-15,17,19-25,30H,5,7-8,11-12,16,18H2,1-4H3. The van der Waals surface area contributed by atoms with Crippen LogP contribution in [0.25, 0.3) is 0 Å². The van der Waals surface area contributed by atoms with Gasteiger partial charge in [-0.25, -0.2) is 0 Å². The number of hydrogen-bond donors (Lipinski definition) is 0. The first-order valence-corrected chi connectivity index (χ1v) is 16.4. The molecule has 1 saturated carbocycles. The van der Waals surface area contributed by atoms with Crippen LogP contribution >= 0.6 is 0 Å². The minimum atomic E-state index is 0.266. The first kappa shape index (κ1) is 26.6. The van der Waals surface area contributed by atoms with Gasteiger partial charge in [-0.05, 0) is 141 Å². The van der Waals surface area contributed by atoms with Gasteiger partial charge in [0.15, 0.2) is 0 Å². The number of para-hydroxylation sites is 1. The lowest BCUT2D eigenvalue weighted by Crippen LogP contribution is -2.56. The Morgan fingerprint density at radius 1 is 0.628 bits per heavy atom. The summed E-state index contributed by atoms with van der Waals surface area (Å²) in [6.07, 6.45) is 11.4. The van der Waals surface area contributed by atoms with E-state index in [1.165, 1.54) is 105 Å². The first-order valence-electron chi connectivity index (χ1n) is 16.4. The van der Waals surface area contributed by atoms with Gasteiger partial charge in [-0.3, -0.25) is 0 Å². The number of allylic oxidation sites excluding steroid dienone is 3. The Morgan fingerprint density at radius 3 is 2.09 bits per heavy atom. The van der Waals surface area contributed by atoms with Crippen molar-refractivity contribution in [2.24, 2.45) is 0 Å². The summed E-state index contributed by atoms with van der Waals surface area (Å²) in [5.74, 6) is 0.616. The highest BCUT2D eigenvalue weighted by molar-refractivity contribution is 6.95. The van der Waals surface area contributed by atoms with Crippen LogP contribution in [0.2, 0.25) is 0 Å². The van der Waals surface area contributed by atoms with Crippen LogP contribution in [0.4, 0.5) is 28.4 Å². The predicted octanol–water partition coefficient (Wildman–Crippen LogP) is 9.74. The van der Waals surface area contributed by atoms with Crippen LogP contribution < -0.4 is 20.7 Å². The highest BCUT2D eigenvalue weighted by Gasteiger charge is 2.45. The molecule has 0 atom stereocenters. The molecule has 0 spiro atoms. The molecule has 2 nitrogen and oxygen atoms in total. The summed E-state index contributed by atoms with van der Waals surface area (Å²) in [5.41, 5.74) is 19.5. The fourth-order valence-corrected chi connectivity index (χ4v) is 8.42. The molecular weight excluding hydrogens is 519 g/mol. The Morgan fingerprint density at radius 2 is 1.35 bits per heavy atom. The Hall–Kier alpha value is -3.98. The monoisotopic (exact) mass is 560 g/mol. The molecule has 2 heterocycles. The first-order chi connectivity index (χ1) is 21.0. The van der Waals surface area contributed by atoms with Crippen molar-refractivity contribution in [3.8, 4) is 0 Å². The van der Waals surface area contributed by atoms with Crippen LogP contribution in [0.1, 0.15) is 80.0 Å². The van der Waals surface area contributed by atoms with Crippen molar-refractivity contribution in [2.45, 2.75) is 78.6 Å². The zero-order chi connectivity index (χ0) is 29.2. The van der Waals surface area contributed by atoms with Crippen molar-refractivity contribution in [1.82, 2.24) is 0 Å². The van der Waals surface area contributed by atoms with Crippen molar-refractivity contribution in [1.29, 1.82) is 0 Å². The van der Waals surface area contributed by atoms with Gasteiger partial charge in [-0.15, -0.1) is 0 Å². The molecule has 0 amide bonds. The molecule has 2 aliphatic heterocycles. The van der Waals surface area contributed by atoms with E-state index in [9.17, 15) is 0 Å². The van der Waals surface area contributed by atoms with Crippen LogP contribution in [0, 0.1) is 20.8 Å². The van der Waals surface area contributed by atoms with E-state index in [1.54, 1.807) is 5.47 Å². The average Bonchev–Trinajstić information content (AvgIpc) is 3.01. The van der Waals surface area contributed by atoms with Crippen molar-refractivity contribution in [2.75, 3.05) is 9.80 Å². The van der Waals surface area contributed by atoms with Gasteiger partial charge < -0.3 is 9.80 Å². The summed E-state index contributed by atoms with van der Waals surface area (Å²) in [6.45, 7) is 9.30. The number of nitrogens with zero attached hydrogens (tertiary/aromatic N) is 2. The minimum absolute atomic E-state index is 0.266. The number of rotatable bonds is 3. The van der Waals surface area contributed by atoms with E-state index >= 15 is 0 Å². The van der Waals surface area contributed by atoms with E-state index < -0.39 is 0 Å². The third-order valence-electron chi connectivity index (χ3n) is 10.3. The van der Waals surface area contributed by atoms with Crippen LogP contribution in [-0.2, 0) is 0 Å². The molecule has 0 aromatic heterocycles. The quantitative estimate of drug-likeness (QED) is 0.230. The van der Waals surface area contributed by atoms with Gasteiger partial charge in [0.2, 0.25) is 6.71 Å². The molecular formula is C40H41BN2. The number of benzene rings is 4. The van der Waals surface area contributed by atoms with Gasteiger partial charge >= 0.3 is 0 Å². The van der Waals surface area contributed by atoms with E-state index in [0.29, 0.717) is 5.92 Å². The maximum Gasteiger partial charge on any atom is 0.247 e. The molecule has 0 unspecified atom stereocenters. The molecule has 4 aromatic carbocycles. The predicted molar refractivity (Wildman–Crippen MR) is 185 cm³/mol. The van der Waals surface area contributed by atoms with Crippen molar-refractivity contribution < 1.29 is 0 Å². The SMILES string of the molecule is CC1=CC2=C(CC1)B1c3ccc(C)cc3N(c3ccccc3)c3cc(C4CCCCC4)cc(c31)N2c1cc(C)cc(C)c1. The molecule has 214 valence electrons. The van der Waals surface area contributed by atoms with Gasteiger partial charge in [0.25, 0.3) is 0 Å². The van der Waals surface area contributed by atoms with E-state index in [0.717, 1.165) is 12.8 Å². The van der Waals surface area contributed by atoms with Crippen LogP contribution in [0.3, 0.4) is 0 Å². The van der Waals surface area contributed by atoms with Crippen molar-refractivity contribution in [3.05, 3.63) is 124 Å². The molecule has 0 saturated heterocycles. The average molecular weight is 561 g/mol. The maximum absolute atomic E-state index is 2.64. The van der Waals surface area contributed by atoms with Gasteiger partial charge in [0.1, 0.15) is 0 Å². The zero-order valence-corrected chi connectivity index (χ0v) is 26.1. The van der Waals surface area contributed by atoms with E-state index in [4.69, 9.17) is 0 Å². The topological polar surface area (TPSA) is 6.48 Å². The number of hydrogen-bond acceptors (Lipinski definition) is 2. The highest BCUT2D eigenvalue weighted by atomic mass is 15.2. The molecule has 1 fully saturated rings. The van der Waals surface area contributed by atoms with Gasteiger partial charge in [0, 0.05) is 34.1 Å². The number of anilines is 5.